The van der Waals surface area contributed by atoms with Crippen LogP contribution in [-0.4, -0.2) is 18.2 Å². The first-order valence-corrected chi connectivity index (χ1v) is 6.18. The summed E-state index contributed by atoms with van der Waals surface area (Å²) in [4.78, 5) is 0. The van der Waals surface area contributed by atoms with E-state index in [2.05, 4.69) is 19.2 Å². The molecule has 1 heterocycles. The van der Waals surface area contributed by atoms with E-state index in [1.165, 1.54) is 12.1 Å². The maximum absolute atomic E-state index is 12.7. The summed E-state index contributed by atoms with van der Waals surface area (Å²) in [5.74, 6) is -0.186. The predicted octanol–water partition coefficient (Wildman–Crippen LogP) is 2.87. The summed E-state index contributed by atoms with van der Waals surface area (Å²) >= 11 is 0. The van der Waals surface area contributed by atoms with Gasteiger partial charge in [0.05, 0.1) is 11.7 Å². The van der Waals surface area contributed by atoms with Gasteiger partial charge >= 0.3 is 0 Å². The third kappa shape index (κ3) is 3.79. The van der Waals surface area contributed by atoms with Crippen LogP contribution in [0.3, 0.4) is 0 Å². The molecule has 1 aromatic rings. The van der Waals surface area contributed by atoms with E-state index in [1.807, 2.05) is 12.1 Å². The summed E-state index contributed by atoms with van der Waals surface area (Å²) in [6.07, 6.45) is 2.55. The zero-order chi connectivity index (χ0) is 12.3. The Balaban J connectivity index is 1.71. The van der Waals surface area contributed by atoms with E-state index in [0.717, 1.165) is 31.5 Å². The van der Waals surface area contributed by atoms with Gasteiger partial charge in [-0.1, -0.05) is 12.1 Å². The second-order valence-corrected chi connectivity index (χ2v) is 5.30. The van der Waals surface area contributed by atoms with Gasteiger partial charge in [-0.25, -0.2) is 4.39 Å². The topological polar surface area (TPSA) is 21.3 Å². The fraction of sp³-hybridized carbons (Fsp3) is 0.571. The first-order chi connectivity index (χ1) is 8.05. The molecule has 0 amide bonds. The second kappa shape index (κ2) is 5.15. The summed E-state index contributed by atoms with van der Waals surface area (Å²) in [5, 5.41) is 3.35. The second-order valence-electron chi connectivity index (χ2n) is 5.30. The highest BCUT2D eigenvalue weighted by Gasteiger charge is 2.30. The molecule has 2 nitrogen and oxygen atoms in total. The molecule has 1 aromatic carbocycles. The Hall–Kier alpha value is -0.930. The van der Waals surface area contributed by atoms with Gasteiger partial charge in [-0.15, -0.1) is 0 Å². The van der Waals surface area contributed by atoms with Crippen molar-refractivity contribution >= 4 is 0 Å². The van der Waals surface area contributed by atoms with E-state index >= 15 is 0 Å². The van der Waals surface area contributed by atoms with Gasteiger partial charge in [-0.2, -0.15) is 0 Å². The first-order valence-electron chi connectivity index (χ1n) is 6.18. The van der Waals surface area contributed by atoms with E-state index in [0.29, 0.717) is 6.10 Å². The van der Waals surface area contributed by atoms with Crippen molar-refractivity contribution in [2.75, 3.05) is 6.54 Å². The van der Waals surface area contributed by atoms with Crippen molar-refractivity contribution in [3.63, 3.8) is 0 Å². The summed E-state index contributed by atoms with van der Waals surface area (Å²) in [6.45, 7) is 5.89. The van der Waals surface area contributed by atoms with E-state index < -0.39 is 0 Å². The molecule has 0 saturated carbocycles. The molecule has 1 N–H and O–H groups in total. The van der Waals surface area contributed by atoms with Crippen LogP contribution in [0, 0.1) is 5.82 Å². The Morgan fingerprint density at radius 2 is 2.06 bits per heavy atom. The Morgan fingerprint density at radius 1 is 1.35 bits per heavy atom. The number of nitrogens with one attached hydrogen (secondary N) is 1. The Labute approximate surface area is 102 Å². The van der Waals surface area contributed by atoms with Crippen molar-refractivity contribution in [2.24, 2.45) is 0 Å². The molecule has 1 fully saturated rings. The number of benzene rings is 1. The van der Waals surface area contributed by atoms with E-state index in [-0.39, 0.29) is 11.4 Å². The molecule has 94 valence electrons. The van der Waals surface area contributed by atoms with Crippen molar-refractivity contribution in [3.05, 3.63) is 35.6 Å². The van der Waals surface area contributed by atoms with Crippen LogP contribution < -0.4 is 5.32 Å². The highest BCUT2D eigenvalue weighted by atomic mass is 19.1. The lowest BCUT2D eigenvalue weighted by molar-refractivity contribution is -0.0142. The summed E-state index contributed by atoms with van der Waals surface area (Å²) < 4.78 is 18.6. The molecular weight excluding hydrogens is 217 g/mol. The van der Waals surface area contributed by atoms with Crippen molar-refractivity contribution in [1.82, 2.24) is 5.32 Å². The molecule has 1 aliphatic rings. The van der Waals surface area contributed by atoms with Crippen LogP contribution >= 0.6 is 0 Å². The Kier molecular flexibility index (Phi) is 3.79. The number of rotatable bonds is 4. The third-order valence-corrected chi connectivity index (χ3v) is 3.17. The van der Waals surface area contributed by atoms with Crippen LogP contribution in [0.2, 0.25) is 0 Å². The van der Waals surface area contributed by atoms with Gasteiger partial charge in [0.2, 0.25) is 0 Å². The molecule has 0 aromatic heterocycles. The lowest BCUT2D eigenvalue weighted by Crippen LogP contribution is -2.29. The van der Waals surface area contributed by atoms with Gasteiger partial charge in [0.1, 0.15) is 5.82 Å². The zero-order valence-electron chi connectivity index (χ0n) is 10.5. The third-order valence-electron chi connectivity index (χ3n) is 3.17. The molecule has 3 heteroatoms. The molecule has 1 saturated heterocycles. The summed E-state index contributed by atoms with van der Waals surface area (Å²) in [5.41, 5.74) is 1.13. The van der Waals surface area contributed by atoms with Crippen LogP contribution in [0.15, 0.2) is 24.3 Å². The van der Waals surface area contributed by atoms with Gasteiger partial charge < -0.3 is 10.1 Å². The Bertz CT molecular complexity index is 361. The molecule has 0 spiro atoms. The van der Waals surface area contributed by atoms with Gasteiger partial charge in [-0.05, 0) is 44.4 Å². The zero-order valence-corrected chi connectivity index (χ0v) is 10.5. The lowest BCUT2D eigenvalue weighted by atomic mass is 10.1. The normalized spacial score (nSPS) is 22.9. The smallest absolute Gasteiger partial charge is 0.123 e. The highest BCUT2D eigenvalue weighted by molar-refractivity contribution is 5.15. The minimum Gasteiger partial charge on any atom is -0.371 e. The standard InChI is InChI=1S/C14H20FNO/c1-14(2)8-7-13(17-14)10-16-9-11-3-5-12(15)6-4-11/h3-6,13,16H,7-10H2,1-2H3. The van der Waals surface area contributed by atoms with Gasteiger partial charge in [0.15, 0.2) is 0 Å². The largest absolute Gasteiger partial charge is 0.371 e. The molecule has 1 atom stereocenters. The van der Waals surface area contributed by atoms with E-state index in [9.17, 15) is 4.39 Å². The molecule has 0 bridgehead atoms. The number of hydrogen-bond acceptors (Lipinski definition) is 2. The van der Waals surface area contributed by atoms with Crippen molar-refractivity contribution in [1.29, 1.82) is 0 Å². The predicted molar refractivity (Wildman–Crippen MR) is 66.3 cm³/mol. The first kappa shape index (κ1) is 12.5. The fourth-order valence-corrected chi connectivity index (χ4v) is 2.20. The van der Waals surface area contributed by atoms with Gasteiger partial charge in [-0.3, -0.25) is 0 Å². The maximum Gasteiger partial charge on any atom is 0.123 e. The van der Waals surface area contributed by atoms with E-state index in [1.54, 1.807) is 0 Å². The molecule has 1 unspecified atom stereocenters. The summed E-state index contributed by atoms with van der Waals surface area (Å²) in [7, 11) is 0. The van der Waals surface area contributed by atoms with Crippen molar-refractivity contribution < 1.29 is 9.13 Å². The molecular formula is C14H20FNO. The number of ether oxygens (including phenoxy) is 1. The minimum absolute atomic E-state index is 0.0300. The SMILES string of the molecule is CC1(C)CCC(CNCc2ccc(F)cc2)O1. The Morgan fingerprint density at radius 3 is 2.65 bits per heavy atom. The monoisotopic (exact) mass is 237 g/mol. The van der Waals surface area contributed by atoms with Gasteiger partial charge in [0, 0.05) is 13.1 Å². The fourth-order valence-electron chi connectivity index (χ4n) is 2.20. The molecule has 2 rings (SSSR count). The van der Waals surface area contributed by atoms with Crippen LogP contribution in [-0.2, 0) is 11.3 Å². The summed E-state index contributed by atoms with van der Waals surface area (Å²) in [6, 6.07) is 6.60. The number of halogens is 1. The minimum atomic E-state index is -0.186. The number of hydrogen-bond donors (Lipinski definition) is 1. The van der Waals surface area contributed by atoms with E-state index in [4.69, 9.17) is 4.74 Å². The van der Waals surface area contributed by atoms with Crippen LogP contribution in [0.25, 0.3) is 0 Å². The average molecular weight is 237 g/mol. The van der Waals surface area contributed by atoms with Crippen molar-refractivity contribution in [2.45, 2.75) is 44.9 Å². The quantitative estimate of drug-likeness (QED) is 0.869. The molecule has 1 aliphatic heterocycles. The molecule has 0 aliphatic carbocycles. The maximum atomic E-state index is 12.7. The average Bonchev–Trinajstić information content (AvgIpc) is 2.61. The molecule has 17 heavy (non-hydrogen) atoms. The molecule has 0 radical (unpaired) electrons. The lowest BCUT2D eigenvalue weighted by Gasteiger charge is -2.19. The van der Waals surface area contributed by atoms with Crippen LogP contribution in [0.1, 0.15) is 32.3 Å². The van der Waals surface area contributed by atoms with Crippen LogP contribution in [0.4, 0.5) is 4.39 Å². The van der Waals surface area contributed by atoms with Crippen LogP contribution in [0.5, 0.6) is 0 Å². The highest BCUT2D eigenvalue weighted by Crippen LogP contribution is 2.28. The van der Waals surface area contributed by atoms with Gasteiger partial charge in [0.25, 0.3) is 0 Å². The van der Waals surface area contributed by atoms with Crippen molar-refractivity contribution in [3.8, 4) is 0 Å².